The number of hydrogen-bond acceptors (Lipinski definition) is 2. The summed E-state index contributed by atoms with van der Waals surface area (Å²) < 4.78 is 5.71. The van der Waals surface area contributed by atoms with Crippen LogP contribution in [-0.2, 0) is 6.42 Å². The molecule has 2 nitrogen and oxygen atoms in total. The standard InChI is InChI=1S/C17H19Cl2NO/c1-3-21-17-7-5-4-6-14(17)16(20-2)11-12-10-13(18)8-9-15(12)19/h4-10,16,20H,3,11H2,1-2H3. The molecule has 112 valence electrons. The van der Waals surface area contributed by atoms with E-state index < -0.39 is 0 Å². The van der Waals surface area contributed by atoms with E-state index in [9.17, 15) is 0 Å². The Bertz CT molecular complexity index is 601. The Kier molecular flexibility index (Phi) is 5.92. The molecule has 0 bridgehead atoms. The van der Waals surface area contributed by atoms with Gasteiger partial charge in [0.25, 0.3) is 0 Å². The Morgan fingerprint density at radius 1 is 1.14 bits per heavy atom. The molecular formula is C17H19Cl2NO. The normalized spacial score (nSPS) is 12.2. The van der Waals surface area contributed by atoms with Crippen LogP contribution < -0.4 is 10.1 Å². The van der Waals surface area contributed by atoms with Gasteiger partial charge in [0, 0.05) is 21.7 Å². The van der Waals surface area contributed by atoms with Crippen molar-refractivity contribution in [2.75, 3.05) is 13.7 Å². The summed E-state index contributed by atoms with van der Waals surface area (Å²) in [5, 5.41) is 4.76. The zero-order chi connectivity index (χ0) is 15.2. The topological polar surface area (TPSA) is 21.3 Å². The second-order valence-electron chi connectivity index (χ2n) is 4.75. The van der Waals surface area contributed by atoms with Crippen LogP contribution in [0.2, 0.25) is 10.0 Å². The zero-order valence-corrected chi connectivity index (χ0v) is 13.7. The first-order chi connectivity index (χ1) is 10.2. The van der Waals surface area contributed by atoms with Crippen molar-refractivity contribution < 1.29 is 4.74 Å². The number of ether oxygens (including phenoxy) is 1. The van der Waals surface area contributed by atoms with Gasteiger partial charge in [-0.3, -0.25) is 0 Å². The average molecular weight is 324 g/mol. The largest absolute Gasteiger partial charge is 0.494 e. The fourth-order valence-corrected chi connectivity index (χ4v) is 2.73. The molecule has 0 saturated heterocycles. The van der Waals surface area contributed by atoms with E-state index in [2.05, 4.69) is 11.4 Å². The Balaban J connectivity index is 2.30. The minimum absolute atomic E-state index is 0.115. The van der Waals surface area contributed by atoms with Crippen LogP contribution in [0.15, 0.2) is 42.5 Å². The highest BCUT2D eigenvalue weighted by atomic mass is 35.5. The quantitative estimate of drug-likeness (QED) is 0.816. The number of halogens is 2. The van der Waals surface area contributed by atoms with Gasteiger partial charge in [-0.15, -0.1) is 0 Å². The van der Waals surface area contributed by atoms with Gasteiger partial charge in [0.1, 0.15) is 5.75 Å². The molecule has 21 heavy (non-hydrogen) atoms. The number of hydrogen-bond donors (Lipinski definition) is 1. The molecule has 0 aliphatic heterocycles. The summed E-state index contributed by atoms with van der Waals surface area (Å²) in [5.74, 6) is 0.900. The van der Waals surface area contributed by atoms with Crippen LogP contribution in [0.5, 0.6) is 5.75 Å². The molecule has 0 saturated carbocycles. The molecule has 1 atom stereocenters. The lowest BCUT2D eigenvalue weighted by Crippen LogP contribution is -2.20. The molecule has 0 amide bonds. The third-order valence-electron chi connectivity index (χ3n) is 3.37. The number of likely N-dealkylation sites (N-methyl/N-ethyl adjacent to an activating group) is 1. The highest BCUT2D eigenvalue weighted by Gasteiger charge is 2.16. The number of nitrogens with one attached hydrogen (secondary N) is 1. The molecule has 0 aromatic heterocycles. The average Bonchev–Trinajstić information content (AvgIpc) is 2.49. The maximum atomic E-state index is 6.27. The van der Waals surface area contributed by atoms with Crippen LogP contribution in [0.1, 0.15) is 24.1 Å². The minimum Gasteiger partial charge on any atom is -0.494 e. The van der Waals surface area contributed by atoms with Crippen molar-refractivity contribution in [2.45, 2.75) is 19.4 Å². The molecule has 0 aliphatic rings. The van der Waals surface area contributed by atoms with E-state index >= 15 is 0 Å². The monoisotopic (exact) mass is 323 g/mol. The van der Waals surface area contributed by atoms with E-state index in [1.165, 1.54) is 0 Å². The van der Waals surface area contributed by atoms with Gasteiger partial charge < -0.3 is 10.1 Å². The van der Waals surface area contributed by atoms with Crippen molar-refractivity contribution in [3.63, 3.8) is 0 Å². The lowest BCUT2D eigenvalue weighted by atomic mass is 9.98. The van der Waals surface area contributed by atoms with Crippen LogP contribution in [0, 0.1) is 0 Å². The van der Waals surface area contributed by atoms with Gasteiger partial charge in [0.15, 0.2) is 0 Å². The SMILES string of the molecule is CCOc1ccccc1C(Cc1cc(Cl)ccc1Cl)NC. The molecule has 1 unspecified atom stereocenters. The lowest BCUT2D eigenvalue weighted by Gasteiger charge is -2.20. The lowest BCUT2D eigenvalue weighted by molar-refractivity contribution is 0.332. The van der Waals surface area contributed by atoms with Crippen LogP contribution in [0.25, 0.3) is 0 Å². The molecule has 0 spiro atoms. The molecular weight excluding hydrogens is 305 g/mol. The van der Waals surface area contributed by atoms with Gasteiger partial charge in [-0.25, -0.2) is 0 Å². The number of rotatable bonds is 6. The van der Waals surface area contributed by atoms with Gasteiger partial charge in [-0.1, -0.05) is 41.4 Å². The van der Waals surface area contributed by atoms with Crippen molar-refractivity contribution in [3.8, 4) is 5.75 Å². The molecule has 0 fully saturated rings. The highest BCUT2D eigenvalue weighted by molar-refractivity contribution is 6.33. The van der Waals surface area contributed by atoms with E-state index in [1.54, 1.807) is 6.07 Å². The molecule has 2 rings (SSSR count). The van der Waals surface area contributed by atoms with Crippen molar-refractivity contribution in [1.82, 2.24) is 5.32 Å². The first-order valence-electron chi connectivity index (χ1n) is 6.98. The Labute approximate surface area is 136 Å². The molecule has 4 heteroatoms. The third kappa shape index (κ3) is 4.13. The van der Waals surface area contributed by atoms with Crippen LogP contribution >= 0.6 is 23.2 Å². The third-order valence-corrected chi connectivity index (χ3v) is 3.98. The van der Waals surface area contributed by atoms with Crippen LogP contribution in [-0.4, -0.2) is 13.7 Å². The number of benzene rings is 2. The van der Waals surface area contributed by atoms with E-state index in [0.29, 0.717) is 11.6 Å². The zero-order valence-electron chi connectivity index (χ0n) is 12.2. The fourth-order valence-electron chi connectivity index (χ4n) is 2.34. The van der Waals surface area contributed by atoms with Gasteiger partial charge in [0.2, 0.25) is 0 Å². The summed E-state index contributed by atoms with van der Waals surface area (Å²) >= 11 is 12.3. The Morgan fingerprint density at radius 2 is 1.90 bits per heavy atom. The Hall–Kier alpha value is -1.22. The van der Waals surface area contributed by atoms with Crippen molar-refractivity contribution in [3.05, 3.63) is 63.6 Å². The minimum atomic E-state index is 0.115. The molecule has 1 N–H and O–H groups in total. The van der Waals surface area contributed by atoms with E-state index in [-0.39, 0.29) is 6.04 Å². The smallest absolute Gasteiger partial charge is 0.124 e. The molecule has 0 aliphatic carbocycles. The first-order valence-corrected chi connectivity index (χ1v) is 7.74. The van der Waals surface area contributed by atoms with Crippen molar-refractivity contribution >= 4 is 23.2 Å². The fraction of sp³-hybridized carbons (Fsp3) is 0.294. The maximum absolute atomic E-state index is 6.27. The Morgan fingerprint density at radius 3 is 2.62 bits per heavy atom. The second kappa shape index (κ2) is 7.69. The van der Waals surface area contributed by atoms with E-state index in [1.807, 2.05) is 44.3 Å². The summed E-state index contributed by atoms with van der Waals surface area (Å²) in [6.45, 7) is 2.63. The van der Waals surface area contributed by atoms with E-state index in [0.717, 1.165) is 28.3 Å². The van der Waals surface area contributed by atoms with Gasteiger partial charge in [-0.05, 0) is 50.2 Å². The van der Waals surface area contributed by atoms with Crippen LogP contribution in [0.4, 0.5) is 0 Å². The summed E-state index contributed by atoms with van der Waals surface area (Å²) in [6.07, 6.45) is 0.750. The summed E-state index contributed by atoms with van der Waals surface area (Å²) in [5.41, 5.74) is 2.15. The van der Waals surface area contributed by atoms with Gasteiger partial charge in [0.05, 0.1) is 6.61 Å². The van der Waals surface area contributed by atoms with E-state index in [4.69, 9.17) is 27.9 Å². The first kappa shape index (κ1) is 16.2. The predicted molar refractivity (Wildman–Crippen MR) is 89.6 cm³/mol. The van der Waals surface area contributed by atoms with Gasteiger partial charge >= 0.3 is 0 Å². The summed E-state index contributed by atoms with van der Waals surface area (Å²) in [7, 11) is 1.94. The summed E-state index contributed by atoms with van der Waals surface area (Å²) in [4.78, 5) is 0. The molecule has 2 aromatic rings. The molecule has 0 radical (unpaired) electrons. The molecule has 0 heterocycles. The summed E-state index contributed by atoms with van der Waals surface area (Å²) in [6, 6.07) is 13.7. The van der Waals surface area contributed by atoms with Crippen molar-refractivity contribution in [2.24, 2.45) is 0 Å². The maximum Gasteiger partial charge on any atom is 0.124 e. The van der Waals surface area contributed by atoms with Crippen LogP contribution in [0.3, 0.4) is 0 Å². The molecule has 2 aromatic carbocycles. The number of para-hydroxylation sites is 1. The van der Waals surface area contributed by atoms with Crippen molar-refractivity contribution in [1.29, 1.82) is 0 Å². The second-order valence-corrected chi connectivity index (χ2v) is 5.60. The predicted octanol–water partition coefficient (Wildman–Crippen LogP) is 4.90. The highest BCUT2D eigenvalue weighted by Crippen LogP contribution is 2.30. The van der Waals surface area contributed by atoms with Gasteiger partial charge in [-0.2, -0.15) is 0 Å².